The van der Waals surface area contributed by atoms with Crippen LogP contribution in [-0.2, 0) is 14.3 Å². The topological polar surface area (TPSA) is 63.6 Å². The van der Waals surface area contributed by atoms with Gasteiger partial charge in [-0.2, -0.15) is 0 Å². The zero-order valence-corrected chi connectivity index (χ0v) is 14.3. The van der Waals surface area contributed by atoms with E-state index in [0.29, 0.717) is 17.8 Å². The van der Waals surface area contributed by atoms with E-state index in [1.54, 1.807) is 0 Å². The number of carbonyl (C=O) groups excluding carboxylic acids is 1. The SMILES string of the molecule is CC(C)[C@@H]1CC[C@@H](C)C[C@H]1OC(=O)[C@@H]1[C@@H](C(=O)O)[C@@H]2C=C[C@H]1C2. The molecule has 3 aliphatic rings. The van der Waals surface area contributed by atoms with E-state index in [4.69, 9.17) is 4.74 Å². The van der Waals surface area contributed by atoms with E-state index in [2.05, 4.69) is 20.8 Å². The van der Waals surface area contributed by atoms with Crippen molar-refractivity contribution in [1.29, 1.82) is 0 Å². The largest absolute Gasteiger partial charge is 0.481 e. The van der Waals surface area contributed by atoms with Gasteiger partial charge in [0.05, 0.1) is 11.8 Å². The molecule has 0 unspecified atom stereocenters. The summed E-state index contributed by atoms with van der Waals surface area (Å²) in [7, 11) is 0. The quantitative estimate of drug-likeness (QED) is 0.636. The van der Waals surface area contributed by atoms with Gasteiger partial charge in [-0.15, -0.1) is 0 Å². The van der Waals surface area contributed by atoms with Gasteiger partial charge in [0, 0.05) is 0 Å². The number of rotatable bonds is 4. The third kappa shape index (κ3) is 3.05. The van der Waals surface area contributed by atoms with Gasteiger partial charge in [0.25, 0.3) is 0 Å². The van der Waals surface area contributed by atoms with Crippen LogP contribution in [0.25, 0.3) is 0 Å². The molecule has 0 amide bonds. The number of hydrogen-bond donors (Lipinski definition) is 1. The first-order valence-electron chi connectivity index (χ1n) is 9.00. The van der Waals surface area contributed by atoms with Crippen LogP contribution in [0, 0.1) is 41.4 Å². The smallest absolute Gasteiger partial charge is 0.310 e. The van der Waals surface area contributed by atoms with Crippen molar-refractivity contribution in [2.24, 2.45) is 41.4 Å². The average molecular weight is 320 g/mol. The zero-order valence-electron chi connectivity index (χ0n) is 14.3. The van der Waals surface area contributed by atoms with Gasteiger partial charge in [0.1, 0.15) is 6.10 Å². The molecule has 2 saturated carbocycles. The summed E-state index contributed by atoms with van der Waals surface area (Å²) >= 11 is 0. The van der Waals surface area contributed by atoms with Gasteiger partial charge in [-0.25, -0.2) is 0 Å². The highest BCUT2D eigenvalue weighted by Crippen LogP contribution is 2.49. The summed E-state index contributed by atoms with van der Waals surface area (Å²) < 4.78 is 5.92. The van der Waals surface area contributed by atoms with Gasteiger partial charge in [0.15, 0.2) is 0 Å². The Labute approximate surface area is 138 Å². The van der Waals surface area contributed by atoms with Crippen LogP contribution in [0.3, 0.4) is 0 Å². The van der Waals surface area contributed by atoms with Gasteiger partial charge >= 0.3 is 11.9 Å². The summed E-state index contributed by atoms with van der Waals surface area (Å²) in [6, 6.07) is 0. The fourth-order valence-corrected chi connectivity index (χ4v) is 4.96. The van der Waals surface area contributed by atoms with Crippen molar-refractivity contribution < 1.29 is 19.4 Å². The van der Waals surface area contributed by atoms with Crippen LogP contribution < -0.4 is 0 Å². The number of fused-ring (bicyclic) bond motifs is 2. The third-order valence-corrected chi connectivity index (χ3v) is 6.25. The molecule has 3 aliphatic carbocycles. The summed E-state index contributed by atoms with van der Waals surface area (Å²) in [6.07, 6.45) is 7.89. The maximum absolute atomic E-state index is 12.8. The van der Waals surface area contributed by atoms with Crippen LogP contribution in [0.2, 0.25) is 0 Å². The molecule has 3 rings (SSSR count). The molecule has 4 heteroatoms. The first-order chi connectivity index (χ1) is 10.9. The Kier molecular flexibility index (Phi) is 4.52. The van der Waals surface area contributed by atoms with Crippen LogP contribution in [0.4, 0.5) is 0 Å². The Morgan fingerprint density at radius 1 is 1.09 bits per heavy atom. The number of carbonyl (C=O) groups is 2. The summed E-state index contributed by atoms with van der Waals surface area (Å²) in [5.41, 5.74) is 0. The van der Waals surface area contributed by atoms with Gasteiger partial charge < -0.3 is 9.84 Å². The van der Waals surface area contributed by atoms with Crippen molar-refractivity contribution in [2.45, 2.75) is 52.6 Å². The first kappa shape index (κ1) is 16.5. The molecule has 2 fully saturated rings. The lowest BCUT2D eigenvalue weighted by Crippen LogP contribution is -2.40. The van der Waals surface area contributed by atoms with E-state index in [1.807, 2.05) is 12.2 Å². The summed E-state index contributed by atoms with van der Waals surface area (Å²) in [4.78, 5) is 24.4. The Hall–Kier alpha value is -1.32. The maximum Gasteiger partial charge on any atom is 0.310 e. The molecule has 0 saturated heterocycles. The van der Waals surface area contributed by atoms with Crippen LogP contribution in [-0.4, -0.2) is 23.1 Å². The number of hydrogen-bond acceptors (Lipinski definition) is 3. The highest BCUT2D eigenvalue weighted by atomic mass is 16.5. The van der Waals surface area contributed by atoms with Crippen molar-refractivity contribution >= 4 is 11.9 Å². The predicted octanol–water partition coefficient (Wildman–Crippen LogP) is 3.51. The molecule has 2 bridgehead atoms. The Morgan fingerprint density at radius 2 is 1.74 bits per heavy atom. The molecule has 0 heterocycles. The van der Waals surface area contributed by atoms with E-state index < -0.39 is 17.8 Å². The molecule has 0 aromatic heterocycles. The number of carboxylic acid groups (broad SMARTS) is 1. The second-order valence-corrected chi connectivity index (χ2v) is 8.14. The van der Waals surface area contributed by atoms with Crippen molar-refractivity contribution in [1.82, 2.24) is 0 Å². The van der Waals surface area contributed by atoms with E-state index in [0.717, 1.165) is 19.3 Å². The highest BCUT2D eigenvalue weighted by molar-refractivity contribution is 5.83. The molecule has 0 aromatic rings. The van der Waals surface area contributed by atoms with Crippen LogP contribution in [0.15, 0.2) is 12.2 Å². The third-order valence-electron chi connectivity index (χ3n) is 6.25. The highest BCUT2D eigenvalue weighted by Gasteiger charge is 2.53. The van der Waals surface area contributed by atoms with Gasteiger partial charge in [-0.1, -0.05) is 39.3 Å². The molecule has 7 atom stereocenters. The Balaban J connectivity index is 1.72. The fraction of sp³-hybridized carbons (Fsp3) is 0.789. The van der Waals surface area contributed by atoms with Crippen LogP contribution >= 0.6 is 0 Å². The van der Waals surface area contributed by atoms with Crippen LogP contribution in [0.5, 0.6) is 0 Å². The second-order valence-electron chi connectivity index (χ2n) is 8.14. The lowest BCUT2D eigenvalue weighted by molar-refractivity contribution is -0.167. The van der Waals surface area contributed by atoms with E-state index in [-0.39, 0.29) is 23.9 Å². The van der Waals surface area contributed by atoms with Crippen molar-refractivity contribution in [3.63, 3.8) is 0 Å². The minimum atomic E-state index is -0.860. The monoisotopic (exact) mass is 320 g/mol. The van der Waals surface area contributed by atoms with Crippen molar-refractivity contribution in [3.05, 3.63) is 12.2 Å². The average Bonchev–Trinajstić information content (AvgIpc) is 3.07. The molecular weight excluding hydrogens is 292 g/mol. The summed E-state index contributed by atoms with van der Waals surface area (Å²) in [5.74, 6) is -0.738. The lowest BCUT2D eigenvalue weighted by atomic mass is 9.75. The summed E-state index contributed by atoms with van der Waals surface area (Å²) in [6.45, 7) is 6.57. The molecule has 0 spiro atoms. The van der Waals surface area contributed by atoms with E-state index in [1.165, 1.54) is 6.42 Å². The normalized spacial score (nSPS) is 42.2. The molecule has 0 radical (unpaired) electrons. The van der Waals surface area contributed by atoms with Gasteiger partial charge in [-0.05, 0) is 48.9 Å². The van der Waals surface area contributed by atoms with E-state index in [9.17, 15) is 14.7 Å². The van der Waals surface area contributed by atoms with Crippen LogP contribution in [0.1, 0.15) is 46.5 Å². The van der Waals surface area contributed by atoms with Crippen molar-refractivity contribution in [3.8, 4) is 0 Å². The minimum absolute atomic E-state index is 0.00113. The fourth-order valence-electron chi connectivity index (χ4n) is 4.96. The number of allylic oxidation sites excluding steroid dienone is 2. The molecule has 0 aromatic carbocycles. The van der Waals surface area contributed by atoms with E-state index >= 15 is 0 Å². The molecule has 23 heavy (non-hydrogen) atoms. The number of esters is 1. The Bertz CT molecular complexity index is 509. The standard InChI is InChI=1S/C19H28O4/c1-10(2)14-7-4-11(3)8-15(14)23-19(22)17-13-6-5-12(9-13)16(17)18(20)21/h5-6,10-17H,4,7-9H2,1-3H3,(H,20,21)/t11-,12-,13+,14+,15-,16+,17+/m1/s1. The molecule has 128 valence electrons. The minimum Gasteiger partial charge on any atom is -0.481 e. The molecule has 4 nitrogen and oxygen atoms in total. The molecule has 1 N–H and O–H groups in total. The number of ether oxygens (including phenoxy) is 1. The number of carboxylic acids is 1. The summed E-state index contributed by atoms with van der Waals surface area (Å²) in [5, 5.41) is 9.50. The molecule has 0 aliphatic heterocycles. The first-order valence-corrected chi connectivity index (χ1v) is 9.00. The predicted molar refractivity (Wildman–Crippen MR) is 86.6 cm³/mol. The van der Waals surface area contributed by atoms with Gasteiger partial charge in [0.2, 0.25) is 0 Å². The zero-order chi connectivity index (χ0) is 16.7. The molecular formula is C19H28O4. The van der Waals surface area contributed by atoms with Crippen molar-refractivity contribution in [2.75, 3.05) is 0 Å². The maximum atomic E-state index is 12.8. The number of aliphatic carboxylic acids is 1. The second kappa shape index (κ2) is 6.29. The Morgan fingerprint density at radius 3 is 2.35 bits per heavy atom. The lowest BCUT2D eigenvalue weighted by Gasteiger charge is -2.37. The van der Waals surface area contributed by atoms with Gasteiger partial charge in [-0.3, -0.25) is 9.59 Å².